The van der Waals surface area contributed by atoms with Gasteiger partial charge < -0.3 is 10.4 Å². The first-order valence-corrected chi connectivity index (χ1v) is 12.5. The molecule has 0 fully saturated rings. The number of aromatic nitrogens is 1. The highest BCUT2D eigenvalue weighted by Gasteiger charge is 2.33. The molecule has 0 aromatic carbocycles. The van der Waals surface area contributed by atoms with Crippen molar-refractivity contribution < 1.29 is 31.7 Å². The Morgan fingerprint density at radius 1 is 1.36 bits per heavy atom. The predicted molar refractivity (Wildman–Crippen MR) is 117 cm³/mol. The number of thiophene rings is 1. The number of aryl methyl sites for hydroxylation is 1. The molecule has 0 aliphatic heterocycles. The first kappa shape index (κ1) is 25.5. The number of urea groups is 1. The number of fused-ring (bicyclic) bond motifs is 1. The maximum absolute atomic E-state index is 14.4. The minimum atomic E-state index is -4.49. The van der Waals surface area contributed by atoms with Gasteiger partial charge in [-0.15, -0.1) is 15.7 Å². The minimum absolute atomic E-state index is 0.140. The maximum atomic E-state index is 14.4. The van der Waals surface area contributed by atoms with Gasteiger partial charge >= 0.3 is 12.2 Å². The minimum Gasteiger partial charge on any atom is -0.385 e. The summed E-state index contributed by atoms with van der Waals surface area (Å²) in [6, 6.07) is -0.207. The van der Waals surface area contributed by atoms with Crippen molar-refractivity contribution in [2.45, 2.75) is 68.9 Å². The lowest BCUT2D eigenvalue weighted by Gasteiger charge is -2.18. The molecule has 1 atom stereocenters. The molecule has 0 saturated heterocycles. The molecule has 13 heteroatoms. The molecule has 182 valence electrons. The molecule has 33 heavy (non-hydrogen) atoms. The van der Waals surface area contributed by atoms with Crippen LogP contribution in [0.15, 0.2) is 14.6 Å². The standard InChI is InChI=1S/C20H24F4N4O3S2/c1-4-10-14(9-20(22,23)24)26-13-7-5-6-11(13)16(10)27-18(29)28-33(25,31)17-12(21)8-15(32-17)19(2,3)30/h8,30H,4-7,9H2,1-3H3,(H3,25,26,27,28,29,31)/t33-/m1/s1. The number of anilines is 1. The first-order valence-electron chi connectivity index (χ1n) is 10.1. The molecular formula is C20H24F4N4O3S2. The molecule has 3 rings (SSSR count). The van der Waals surface area contributed by atoms with E-state index in [1.54, 1.807) is 6.92 Å². The fourth-order valence-electron chi connectivity index (χ4n) is 3.69. The van der Waals surface area contributed by atoms with E-state index in [1.165, 1.54) is 13.8 Å². The van der Waals surface area contributed by atoms with E-state index in [1.807, 2.05) is 0 Å². The maximum Gasteiger partial charge on any atom is 0.394 e. The second-order valence-electron chi connectivity index (χ2n) is 8.23. The number of nitrogens with two attached hydrogens (primary N) is 1. The number of hydrogen-bond donors (Lipinski definition) is 3. The smallest absolute Gasteiger partial charge is 0.385 e. The van der Waals surface area contributed by atoms with Crippen LogP contribution in [0.4, 0.5) is 28.0 Å². The van der Waals surface area contributed by atoms with Crippen LogP contribution in [0.1, 0.15) is 54.6 Å². The second kappa shape index (κ2) is 8.93. The third-order valence-electron chi connectivity index (χ3n) is 5.11. The lowest BCUT2D eigenvalue weighted by molar-refractivity contribution is -0.128. The number of pyridine rings is 1. The second-order valence-corrected chi connectivity index (χ2v) is 11.3. The molecule has 0 bridgehead atoms. The van der Waals surface area contributed by atoms with Gasteiger partial charge in [-0.25, -0.2) is 18.5 Å². The Morgan fingerprint density at radius 2 is 2.03 bits per heavy atom. The molecule has 1 aliphatic rings. The number of rotatable bonds is 5. The van der Waals surface area contributed by atoms with E-state index in [-0.39, 0.29) is 28.2 Å². The van der Waals surface area contributed by atoms with Crippen LogP contribution in [-0.4, -0.2) is 26.5 Å². The number of nitrogens with one attached hydrogen (secondary N) is 1. The highest BCUT2D eigenvalue weighted by atomic mass is 32.2. The zero-order chi connectivity index (χ0) is 24.8. The van der Waals surface area contributed by atoms with Crippen molar-refractivity contribution in [2.24, 2.45) is 9.50 Å². The first-order chi connectivity index (χ1) is 15.1. The molecule has 2 amide bonds. The Morgan fingerprint density at radius 3 is 2.58 bits per heavy atom. The van der Waals surface area contributed by atoms with Crippen LogP contribution < -0.4 is 10.5 Å². The van der Waals surface area contributed by atoms with Gasteiger partial charge in [-0.05, 0) is 56.7 Å². The van der Waals surface area contributed by atoms with Crippen LogP contribution in [0.5, 0.6) is 0 Å². The van der Waals surface area contributed by atoms with Crippen LogP contribution in [0.2, 0.25) is 0 Å². The molecule has 0 spiro atoms. The van der Waals surface area contributed by atoms with Crippen molar-refractivity contribution in [3.63, 3.8) is 0 Å². The van der Waals surface area contributed by atoms with E-state index in [4.69, 9.17) is 5.14 Å². The summed E-state index contributed by atoms with van der Waals surface area (Å²) < 4.78 is 69.4. The summed E-state index contributed by atoms with van der Waals surface area (Å²) >= 11 is 0.624. The van der Waals surface area contributed by atoms with Crippen molar-refractivity contribution in [1.82, 2.24) is 4.98 Å². The summed E-state index contributed by atoms with van der Waals surface area (Å²) in [5.74, 6) is -0.979. The van der Waals surface area contributed by atoms with Crippen molar-refractivity contribution in [3.8, 4) is 0 Å². The van der Waals surface area contributed by atoms with E-state index in [2.05, 4.69) is 14.7 Å². The Kier molecular flexibility index (Phi) is 6.91. The molecular weight excluding hydrogens is 484 g/mol. The number of carbonyl (C=O) groups excluding carboxylic acids is 1. The molecule has 2 aromatic rings. The fourth-order valence-corrected chi connectivity index (χ4v) is 6.03. The monoisotopic (exact) mass is 508 g/mol. The molecule has 2 heterocycles. The summed E-state index contributed by atoms with van der Waals surface area (Å²) in [6.45, 7) is 4.44. The highest BCUT2D eigenvalue weighted by Crippen LogP contribution is 2.36. The Labute approximate surface area is 192 Å². The summed E-state index contributed by atoms with van der Waals surface area (Å²) in [7, 11) is -4.02. The SMILES string of the molecule is CCc1c(CC(F)(F)F)nc2c(c1NC(=O)N=[S@@](N)(=O)c1sc(C(C)(C)O)cc1F)CCC2. The topological polar surface area (TPSA) is 118 Å². The summed E-state index contributed by atoms with van der Waals surface area (Å²) in [5.41, 5.74) is -0.164. The van der Waals surface area contributed by atoms with Gasteiger partial charge in [0.15, 0.2) is 19.9 Å². The third-order valence-corrected chi connectivity index (χ3v) is 8.45. The molecule has 0 radical (unpaired) electrons. The summed E-state index contributed by atoms with van der Waals surface area (Å²) in [6.07, 6.45) is -3.95. The van der Waals surface area contributed by atoms with Gasteiger partial charge in [0.2, 0.25) is 0 Å². The Hall–Kier alpha value is -2.09. The number of hydrogen-bond acceptors (Lipinski definition) is 5. The molecule has 0 unspecified atom stereocenters. The van der Waals surface area contributed by atoms with Crippen molar-refractivity contribution >= 4 is 33.0 Å². The van der Waals surface area contributed by atoms with Crippen LogP contribution in [0, 0.1) is 5.82 Å². The largest absolute Gasteiger partial charge is 0.394 e. The molecule has 7 nitrogen and oxygen atoms in total. The Bertz CT molecular complexity index is 1210. The zero-order valence-electron chi connectivity index (χ0n) is 18.2. The molecule has 1 aliphatic carbocycles. The van der Waals surface area contributed by atoms with Gasteiger partial charge in [0.05, 0.1) is 23.4 Å². The van der Waals surface area contributed by atoms with Crippen molar-refractivity contribution in [1.29, 1.82) is 0 Å². The average Bonchev–Trinajstić information content (AvgIpc) is 3.26. The number of amides is 2. The quantitative estimate of drug-likeness (QED) is 0.512. The normalized spacial score (nSPS) is 15.8. The fraction of sp³-hybridized carbons (Fsp3) is 0.500. The van der Waals surface area contributed by atoms with Crippen LogP contribution >= 0.6 is 11.3 Å². The van der Waals surface area contributed by atoms with E-state index >= 15 is 0 Å². The van der Waals surface area contributed by atoms with Crippen LogP contribution in [0.25, 0.3) is 0 Å². The van der Waals surface area contributed by atoms with Gasteiger partial charge in [-0.3, -0.25) is 4.98 Å². The van der Waals surface area contributed by atoms with Gasteiger partial charge in [-0.2, -0.15) is 13.2 Å². The average molecular weight is 509 g/mol. The molecule has 2 aromatic heterocycles. The van der Waals surface area contributed by atoms with E-state index in [0.717, 1.165) is 6.07 Å². The summed E-state index contributed by atoms with van der Waals surface area (Å²) in [5, 5.41) is 18.1. The number of carbonyl (C=O) groups is 1. The van der Waals surface area contributed by atoms with Gasteiger partial charge in [0, 0.05) is 10.6 Å². The number of aliphatic hydroxyl groups is 1. The molecule has 4 N–H and O–H groups in total. The Balaban J connectivity index is 2.02. The zero-order valence-corrected chi connectivity index (χ0v) is 19.8. The van der Waals surface area contributed by atoms with E-state index in [9.17, 15) is 31.7 Å². The van der Waals surface area contributed by atoms with Crippen molar-refractivity contribution in [3.05, 3.63) is 39.3 Å². The number of alkyl halides is 3. The lowest BCUT2D eigenvalue weighted by Crippen LogP contribution is -2.21. The lowest BCUT2D eigenvalue weighted by atomic mass is 10.0. The van der Waals surface area contributed by atoms with Gasteiger partial charge in [0.1, 0.15) is 0 Å². The highest BCUT2D eigenvalue weighted by molar-refractivity contribution is 7.93. The van der Waals surface area contributed by atoms with Crippen molar-refractivity contribution in [2.75, 3.05) is 5.32 Å². The number of halogens is 4. The van der Waals surface area contributed by atoms with E-state index in [0.29, 0.717) is 41.9 Å². The van der Waals surface area contributed by atoms with E-state index < -0.39 is 44.2 Å². The molecule has 0 saturated carbocycles. The summed E-state index contributed by atoms with van der Waals surface area (Å²) in [4.78, 5) is 17.0. The number of nitrogens with zero attached hydrogens (tertiary/aromatic N) is 2. The third kappa shape index (κ3) is 5.70. The predicted octanol–water partition coefficient (Wildman–Crippen LogP) is 4.60. The van der Waals surface area contributed by atoms with Gasteiger partial charge in [0.25, 0.3) is 0 Å². The van der Waals surface area contributed by atoms with Crippen LogP contribution in [0.3, 0.4) is 0 Å². The van der Waals surface area contributed by atoms with Gasteiger partial charge in [-0.1, -0.05) is 6.92 Å². The van der Waals surface area contributed by atoms with Crippen LogP contribution in [-0.2, 0) is 41.2 Å².